The molecule has 1 aromatic heterocycles. The summed E-state index contributed by atoms with van der Waals surface area (Å²) in [6, 6.07) is 3.10. The molecule has 0 fully saturated rings. The van der Waals surface area contributed by atoms with Crippen LogP contribution in [0.2, 0.25) is 0 Å². The summed E-state index contributed by atoms with van der Waals surface area (Å²) in [6.07, 6.45) is 1.24. The van der Waals surface area contributed by atoms with Gasteiger partial charge < -0.3 is 5.11 Å². The van der Waals surface area contributed by atoms with Crippen molar-refractivity contribution in [3.63, 3.8) is 0 Å². The van der Waals surface area contributed by atoms with Gasteiger partial charge in [-0.05, 0) is 19.4 Å². The average molecular weight is 283 g/mol. The van der Waals surface area contributed by atoms with Crippen molar-refractivity contribution in [2.45, 2.75) is 24.7 Å². The third-order valence-corrected chi connectivity index (χ3v) is 3.78. The van der Waals surface area contributed by atoms with Crippen LogP contribution in [-0.4, -0.2) is 31.0 Å². The number of aliphatic carboxylic acids is 1. The van der Waals surface area contributed by atoms with E-state index in [9.17, 15) is 13.2 Å². The molecule has 0 aliphatic carbocycles. The normalized spacial score (nSPS) is 10.9. The summed E-state index contributed by atoms with van der Waals surface area (Å²) < 4.78 is 26.0. The summed E-state index contributed by atoms with van der Waals surface area (Å²) >= 11 is 0. The maximum atomic E-state index is 11.8. The molecule has 0 aliphatic rings. The predicted octanol–water partition coefficient (Wildman–Crippen LogP) is 0.405. The summed E-state index contributed by atoms with van der Waals surface area (Å²) in [6.45, 7) is 1.62. The second-order valence-corrected chi connectivity index (χ2v) is 5.58. The molecule has 0 bridgehead atoms. The molecular weight excluding hydrogens is 270 g/mol. The maximum absolute atomic E-state index is 11.8. The van der Waals surface area contributed by atoms with E-state index < -0.39 is 16.0 Å². The highest BCUT2D eigenvalue weighted by Crippen LogP contribution is 2.12. The predicted molar refractivity (Wildman–Crippen MR) is 65.7 cm³/mol. The fraction of sp³-hybridized carbons (Fsp3) is 0.364. The van der Waals surface area contributed by atoms with Crippen molar-refractivity contribution in [2.75, 3.05) is 6.54 Å². The van der Waals surface area contributed by atoms with E-state index in [1.165, 1.54) is 6.07 Å². The Hall–Kier alpha value is -1.98. The van der Waals surface area contributed by atoms with Gasteiger partial charge in [0.15, 0.2) is 0 Å². The van der Waals surface area contributed by atoms with E-state index in [1.54, 1.807) is 6.92 Å². The van der Waals surface area contributed by atoms with Crippen molar-refractivity contribution in [3.8, 4) is 6.07 Å². The number of carboxylic acids is 1. The molecule has 8 heteroatoms. The smallest absolute Gasteiger partial charge is 0.303 e. The number of hydrogen-bond donors (Lipinski definition) is 2. The maximum Gasteiger partial charge on any atom is 0.303 e. The lowest BCUT2D eigenvalue weighted by Gasteiger charge is -2.06. The van der Waals surface area contributed by atoms with Gasteiger partial charge in [-0.2, -0.15) is 5.26 Å². The van der Waals surface area contributed by atoms with E-state index in [4.69, 9.17) is 10.4 Å². The first-order valence-electron chi connectivity index (χ1n) is 5.45. The van der Waals surface area contributed by atoms with Crippen molar-refractivity contribution >= 4 is 16.0 Å². The van der Waals surface area contributed by atoms with Crippen molar-refractivity contribution in [2.24, 2.45) is 0 Å². The summed E-state index contributed by atoms with van der Waals surface area (Å²) in [5, 5.41) is 17.2. The Kier molecular flexibility index (Phi) is 4.97. The van der Waals surface area contributed by atoms with Gasteiger partial charge in [-0.1, -0.05) is 0 Å². The molecule has 0 aromatic carbocycles. The van der Waals surface area contributed by atoms with Crippen molar-refractivity contribution < 1.29 is 18.3 Å². The first-order chi connectivity index (χ1) is 8.86. The molecule has 0 aliphatic heterocycles. The van der Waals surface area contributed by atoms with Gasteiger partial charge in [-0.25, -0.2) is 13.1 Å². The Labute approximate surface area is 110 Å². The minimum absolute atomic E-state index is 0.0183. The van der Waals surface area contributed by atoms with Crippen molar-refractivity contribution in [1.82, 2.24) is 9.71 Å². The fourth-order valence-electron chi connectivity index (χ4n) is 1.30. The lowest BCUT2D eigenvalue weighted by molar-refractivity contribution is -0.137. The summed E-state index contributed by atoms with van der Waals surface area (Å²) in [7, 11) is -3.76. The molecule has 0 radical (unpaired) electrons. The van der Waals surface area contributed by atoms with Crippen LogP contribution in [0.4, 0.5) is 0 Å². The Bertz CT molecular complexity index is 619. The molecule has 1 rings (SSSR count). The minimum Gasteiger partial charge on any atom is -0.481 e. The number of hydrogen-bond acceptors (Lipinski definition) is 5. The highest BCUT2D eigenvalue weighted by atomic mass is 32.2. The number of nitriles is 1. The zero-order valence-corrected chi connectivity index (χ0v) is 11.1. The van der Waals surface area contributed by atoms with Crippen LogP contribution >= 0.6 is 0 Å². The first-order valence-corrected chi connectivity index (χ1v) is 6.93. The second kappa shape index (κ2) is 6.26. The molecule has 1 heterocycles. The lowest BCUT2D eigenvalue weighted by Crippen LogP contribution is -2.25. The van der Waals surface area contributed by atoms with Gasteiger partial charge in [0.2, 0.25) is 10.0 Å². The topological polar surface area (TPSA) is 120 Å². The number of pyridine rings is 1. The molecular formula is C11H13N3O4S. The number of rotatable bonds is 6. The highest BCUT2D eigenvalue weighted by molar-refractivity contribution is 7.89. The number of nitrogens with one attached hydrogen (secondary N) is 1. The lowest BCUT2D eigenvalue weighted by atomic mass is 10.2. The van der Waals surface area contributed by atoms with Gasteiger partial charge in [0.05, 0.1) is 11.3 Å². The molecule has 1 aromatic rings. The van der Waals surface area contributed by atoms with E-state index in [-0.39, 0.29) is 29.8 Å². The number of aromatic nitrogens is 1. The van der Waals surface area contributed by atoms with E-state index in [1.807, 2.05) is 6.07 Å². The van der Waals surface area contributed by atoms with Crippen LogP contribution in [-0.2, 0) is 14.8 Å². The molecule has 0 saturated heterocycles. The molecule has 0 atom stereocenters. The van der Waals surface area contributed by atoms with E-state index in [0.717, 1.165) is 6.20 Å². The van der Waals surface area contributed by atoms with Gasteiger partial charge in [-0.15, -0.1) is 0 Å². The SMILES string of the molecule is Cc1ncc(S(=O)(=O)NCCCC(=O)O)cc1C#N. The van der Waals surface area contributed by atoms with E-state index in [0.29, 0.717) is 5.69 Å². The van der Waals surface area contributed by atoms with Crippen LogP contribution in [0.25, 0.3) is 0 Å². The fourth-order valence-corrected chi connectivity index (χ4v) is 2.35. The molecule has 19 heavy (non-hydrogen) atoms. The average Bonchev–Trinajstić information content (AvgIpc) is 2.35. The molecule has 0 saturated carbocycles. The zero-order valence-electron chi connectivity index (χ0n) is 10.3. The highest BCUT2D eigenvalue weighted by Gasteiger charge is 2.15. The van der Waals surface area contributed by atoms with Gasteiger partial charge in [0.1, 0.15) is 11.0 Å². The van der Waals surface area contributed by atoms with E-state index >= 15 is 0 Å². The quantitative estimate of drug-likeness (QED) is 0.729. The number of sulfonamides is 1. The zero-order chi connectivity index (χ0) is 14.5. The van der Waals surface area contributed by atoms with Crippen LogP contribution in [0.15, 0.2) is 17.2 Å². The second-order valence-electron chi connectivity index (χ2n) is 3.81. The third kappa shape index (κ3) is 4.31. The number of carbonyl (C=O) groups is 1. The van der Waals surface area contributed by atoms with Crippen molar-refractivity contribution in [1.29, 1.82) is 5.26 Å². The van der Waals surface area contributed by atoms with Gasteiger partial charge in [-0.3, -0.25) is 9.78 Å². The number of carboxylic acid groups (broad SMARTS) is 1. The van der Waals surface area contributed by atoms with Crippen LogP contribution in [0.1, 0.15) is 24.1 Å². The summed E-state index contributed by atoms with van der Waals surface area (Å²) in [5.74, 6) is -0.983. The molecule has 7 nitrogen and oxygen atoms in total. The minimum atomic E-state index is -3.76. The van der Waals surface area contributed by atoms with Crippen LogP contribution in [0.3, 0.4) is 0 Å². The van der Waals surface area contributed by atoms with Gasteiger partial charge in [0, 0.05) is 19.2 Å². The Morgan fingerprint density at radius 2 is 2.26 bits per heavy atom. The largest absolute Gasteiger partial charge is 0.481 e. The molecule has 102 valence electrons. The first kappa shape index (κ1) is 15.1. The Morgan fingerprint density at radius 3 is 2.84 bits per heavy atom. The standard InChI is InChI=1S/C11H13N3O4S/c1-8-9(6-12)5-10(7-13-8)19(17,18)14-4-2-3-11(15)16/h5,7,14H,2-4H2,1H3,(H,15,16). The summed E-state index contributed by atoms with van der Waals surface area (Å²) in [4.78, 5) is 14.0. The van der Waals surface area contributed by atoms with Gasteiger partial charge in [0.25, 0.3) is 0 Å². The monoisotopic (exact) mass is 283 g/mol. The van der Waals surface area contributed by atoms with Crippen LogP contribution in [0.5, 0.6) is 0 Å². The Morgan fingerprint density at radius 1 is 1.58 bits per heavy atom. The number of nitrogens with zero attached hydrogens (tertiary/aromatic N) is 2. The molecule has 0 unspecified atom stereocenters. The molecule has 0 spiro atoms. The number of aryl methyl sites for hydroxylation is 1. The van der Waals surface area contributed by atoms with Crippen LogP contribution < -0.4 is 4.72 Å². The van der Waals surface area contributed by atoms with Crippen LogP contribution in [0, 0.1) is 18.3 Å². The summed E-state index contributed by atoms with van der Waals surface area (Å²) in [5.41, 5.74) is 0.640. The Balaban J connectivity index is 2.78. The molecule has 0 amide bonds. The molecule has 2 N–H and O–H groups in total. The van der Waals surface area contributed by atoms with E-state index in [2.05, 4.69) is 9.71 Å². The third-order valence-electron chi connectivity index (χ3n) is 2.35. The van der Waals surface area contributed by atoms with Crippen molar-refractivity contribution in [3.05, 3.63) is 23.5 Å². The van der Waals surface area contributed by atoms with Gasteiger partial charge >= 0.3 is 5.97 Å².